The highest BCUT2D eigenvalue weighted by atomic mass is 32.2. The van der Waals surface area contributed by atoms with Gasteiger partial charge in [0.15, 0.2) is 11.0 Å². The number of aromatic nitrogens is 3. The first-order chi connectivity index (χ1) is 15.8. The number of ether oxygens (including phenoxy) is 1. The normalized spacial score (nSPS) is 11.4. The zero-order valence-corrected chi connectivity index (χ0v) is 19.2. The summed E-state index contributed by atoms with van der Waals surface area (Å²) in [6, 6.07) is 12.4. The van der Waals surface area contributed by atoms with Crippen molar-refractivity contribution in [1.82, 2.24) is 14.8 Å². The van der Waals surface area contributed by atoms with Crippen molar-refractivity contribution >= 4 is 23.4 Å². The van der Waals surface area contributed by atoms with Gasteiger partial charge in [0.1, 0.15) is 5.75 Å². The lowest BCUT2D eigenvalue weighted by molar-refractivity contribution is -0.137. The maximum absolute atomic E-state index is 13.1. The van der Waals surface area contributed by atoms with E-state index < -0.39 is 17.6 Å². The number of para-hydroxylation sites is 1. The summed E-state index contributed by atoms with van der Waals surface area (Å²) in [4.78, 5) is 12.3. The molecule has 1 amide bonds. The molecule has 3 rings (SSSR count). The maximum atomic E-state index is 13.1. The summed E-state index contributed by atoms with van der Waals surface area (Å²) in [6.45, 7) is 5.26. The number of unbranched alkanes of at least 4 members (excludes halogenated alkanes) is 1. The van der Waals surface area contributed by atoms with Gasteiger partial charge in [-0.05, 0) is 49.7 Å². The average Bonchev–Trinajstić information content (AvgIpc) is 3.21. The van der Waals surface area contributed by atoms with E-state index in [1.165, 1.54) is 18.2 Å². The molecule has 0 unspecified atom stereocenters. The Kier molecular flexibility index (Phi) is 8.37. The fourth-order valence-corrected chi connectivity index (χ4v) is 3.89. The van der Waals surface area contributed by atoms with Crippen LogP contribution in [-0.2, 0) is 17.5 Å². The van der Waals surface area contributed by atoms with Crippen LogP contribution in [0.15, 0.2) is 53.7 Å². The molecular weight excluding hydrogens is 453 g/mol. The smallest absolute Gasteiger partial charge is 0.418 e. The van der Waals surface area contributed by atoms with Crippen LogP contribution in [-0.4, -0.2) is 33.0 Å². The highest BCUT2D eigenvalue weighted by Gasteiger charge is 2.33. The van der Waals surface area contributed by atoms with Crippen LogP contribution >= 0.6 is 11.8 Å². The van der Waals surface area contributed by atoms with E-state index >= 15 is 0 Å². The number of benzene rings is 2. The molecule has 0 spiro atoms. The minimum atomic E-state index is -4.55. The van der Waals surface area contributed by atoms with Gasteiger partial charge in [0.2, 0.25) is 5.91 Å². The van der Waals surface area contributed by atoms with Crippen LogP contribution in [0, 0.1) is 0 Å². The Hall–Kier alpha value is -3.01. The molecule has 1 aromatic heterocycles. The van der Waals surface area contributed by atoms with Crippen LogP contribution < -0.4 is 10.1 Å². The highest BCUT2D eigenvalue weighted by molar-refractivity contribution is 7.99. The van der Waals surface area contributed by atoms with E-state index in [-0.39, 0.29) is 11.4 Å². The number of carbonyl (C=O) groups excluding carboxylic acids is 1. The molecule has 0 aliphatic carbocycles. The summed E-state index contributed by atoms with van der Waals surface area (Å²) in [6.07, 6.45) is -2.50. The SMILES string of the molecule is CCCCOc1ccc(-c2nnc(SCC(=O)Nc3ccccc3C(F)(F)F)n2CC)cc1. The van der Waals surface area contributed by atoms with Gasteiger partial charge in [-0.25, -0.2) is 0 Å². The lowest BCUT2D eigenvalue weighted by atomic mass is 10.1. The maximum Gasteiger partial charge on any atom is 0.418 e. The fraction of sp³-hybridized carbons (Fsp3) is 0.348. The lowest BCUT2D eigenvalue weighted by Crippen LogP contribution is -2.18. The van der Waals surface area contributed by atoms with Gasteiger partial charge >= 0.3 is 6.18 Å². The minimum Gasteiger partial charge on any atom is -0.494 e. The first kappa shape index (κ1) is 24.6. The van der Waals surface area contributed by atoms with Crippen molar-refractivity contribution in [3.05, 3.63) is 54.1 Å². The first-order valence-electron chi connectivity index (χ1n) is 10.6. The van der Waals surface area contributed by atoms with Gasteiger partial charge in [-0.3, -0.25) is 4.79 Å². The summed E-state index contributed by atoms with van der Waals surface area (Å²) < 4.78 is 46.9. The minimum absolute atomic E-state index is 0.103. The van der Waals surface area contributed by atoms with Gasteiger partial charge in [0.25, 0.3) is 0 Å². The first-order valence-corrected chi connectivity index (χ1v) is 11.6. The Morgan fingerprint density at radius 2 is 1.82 bits per heavy atom. The van der Waals surface area contributed by atoms with Gasteiger partial charge in [0.05, 0.1) is 23.6 Å². The number of hydrogen-bond acceptors (Lipinski definition) is 5. The van der Waals surface area contributed by atoms with Crippen molar-refractivity contribution in [3.8, 4) is 17.1 Å². The van der Waals surface area contributed by atoms with Crippen molar-refractivity contribution in [3.63, 3.8) is 0 Å². The predicted molar refractivity (Wildman–Crippen MR) is 122 cm³/mol. The number of rotatable bonds is 10. The number of thioether (sulfide) groups is 1. The summed E-state index contributed by atoms with van der Waals surface area (Å²) in [5, 5.41) is 11.3. The number of nitrogens with one attached hydrogen (secondary N) is 1. The molecule has 1 heterocycles. The molecule has 0 fully saturated rings. The standard InChI is InChI=1S/C23H25F3N4O2S/c1-3-5-14-32-17-12-10-16(11-13-17)21-28-29-22(30(21)4-2)33-15-20(31)27-19-9-7-6-8-18(19)23(24,25)26/h6-13H,3-5,14-15H2,1-2H3,(H,27,31). The Morgan fingerprint density at radius 3 is 2.48 bits per heavy atom. The molecule has 33 heavy (non-hydrogen) atoms. The van der Waals surface area contributed by atoms with Gasteiger partial charge in [-0.2, -0.15) is 13.2 Å². The Balaban J connectivity index is 1.66. The van der Waals surface area contributed by atoms with E-state index in [9.17, 15) is 18.0 Å². The van der Waals surface area contributed by atoms with Gasteiger partial charge < -0.3 is 14.6 Å². The Morgan fingerprint density at radius 1 is 1.09 bits per heavy atom. The van der Waals surface area contributed by atoms with E-state index in [2.05, 4.69) is 22.4 Å². The second-order valence-electron chi connectivity index (χ2n) is 7.16. The van der Waals surface area contributed by atoms with E-state index in [1.807, 2.05) is 35.8 Å². The van der Waals surface area contributed by atoms with Gasteiger partial charge in [0, 0.05) is 12.1 Å². The van der Waals surface area contributed by atoms with Crippen LogP contribution in [0.1, 0.15) is 32.3 Å². The monoisotopic (exact) mass is 478 g/mol. The van der Waals surface area contributed by atoms with Gasteiger partial charge in [-0.1, -0.05) is 37.2 Å². The number of halogens is 3. The van der Waals surface area contributed by atoms with Crippen molar-refractivity contribution in [2.24, 2.45) is 0 Å². The Labute approximate surface area is 194 Å². The summed E-state index contributed by atoms with van der Waals surface area (Å²) in [5.74, 6) is 0.759. The third-order valence-corrected chi connectivity index (χ3v) is 5.72. The van der Waals surface area contributed by atoms with Crippen molar-refractivity contribution in [2.45, 2.75) is 44.6 Å². The molecule has 10 heteroatoms. The molecule has 176 valence electrons. The molecule has 0 atom stereocenters. The molecule has 6 nitrogen and oxygen atoms in total. The molecule has 0 aliphatic rings. The van der Waals surface area contributed by atoms with E-state index in [0.717, 1.165) is 42.0 Å². The van der Waals surface area contributed by atoms with E-state index in [0.29, 0.717) is 24.1 Å². The van der Waals surface area contributed by atoms with Crippen LogP contribution in [0.4, 0.5) is 18.9 Å². The number of nitrogens with zero attached hydrogens (tertiary/aromatic N) is 3. The molecule has 0 bridgehead atoms. The van der Waals surface area contributed by atoms with Crippen LogP contribution in [0.5, 0.6) is 5.75 Å². The molecule has 2 aromatic carbocycles. The molecule has 0 radical (unpaired) electrons. The van der Waals surface area contributed by atoms with Crippen LogP contribution in [0.2, 0.25) is 0 Å². The third-order valence-electron chi connectivity index (χ3n) is 4.75. The molecule has 3 aromatic rings. The number of hydrogen-bond donors (Lipinski definition) is 1. The average molecular weight is 479 g/mol. The lowest BCUT2D eigenvalue weighted by Gasteiger charge is -2.13. The van der Waals surface area contributed by atoms with Crippen LogP contribution in [0.3, 0.4) is 0 Å². The third kappa shape index (κ3) is 6.50. The highest BCUT2D eigenvalue weighted by Crippen LogP contribution is 2.34. The topological polar surface area (TPSA) is 69.0 Å². The summed E-state index contributed by atoms with van der Waals surface area (Å²) >= 11 is 1.12. The number of carbonyl (C=O) groups is 1. The number of anilines is 1. The molecular formula is C23H25F3N4O2S. The van der Waals surface area contributed by atoms with Crippen LogP contribution in [0.25, 0.3) is 11.4 Å². The molecule has 0 aliphatic heterocycles. The van der Waals surface area contributed by atoms with E-state index in [4.69, 9.17) is 4.74 Å². The van der Waals surface area contributed by atoms with Gasteiger partial charge in [-0.15, -0.1) is 10.2 Å². The second kappa shape index (κ2) is 11.2. The predicted octanol–water partition coefficient (Wildman–Crippen LogP) is 5.89. The van der Waals surface area contributed by atoms with Crippen molar-refractivity contribution < 1.29 is 22.7 Å². The summed E-state index contributed by atoms with van der Waals surface area (Å²) in [5.41, 5.74) is -0.304. The molecule has 1 N–H and O–H groups in total. The molecule has 0 saturated heterocycles. The molecule has 0 saturated carbocycles. The quantitative estimate of drug-likeness (QED) is 0.291. The largest absolute Gasteiger partial charge is 0.494 e. The number of alkyl halides is 3. The number of amides is 1. The van der Waals surface area contributed by atoms with Crippen molar-refractivity contribution in [1.29, 1.82) is 0 Å². The zero-order valence-electron chi connectivity index (χ0n) is 18.4. The summed E-state index contributed by atoms with van der Waals surface area (Å²) in [7, 11) is 0. The second-order valence-corrected chi connectivity index (χ2v) is 8.10. The zero-order chi connectivity index (χ0) is 23.8. The van der Waals surface area contributed by atoms with E-state index in [1.54, 1.807) is 0 Å². The fourth-order valence-electron chi connectivity index (χ4n) is 3.08. The van der Waals surface area contributed by atoms with Crippen molar-refractivity contribution in [2.75, 3.05) is 17.7 Å². The Bertz CT molecular complexity index is 1070.